The molecule has 2 aromatic heterocycles. The van der Waals surface area contributed by atoms with Crippen LogP contribution in [-0.4, -0.2) is 68.0 Å². The Morgan fingerprint density at radius 2 is 1.81 bits per heavy atom. The lowest BCUT2D eigenvalue weighted by molar-refractivity contribution is 0.0552. The molecule has 1 amide bonds. The first-order chi connectivity index (χ1) is 13.3. The third-order valence-electron chi connectivity index (χ3n) is 5.88. The van der Waals surface area contributed by atoms with Crippen molar-refractivity contribution in [1.82, 2.24) is 29.8 Å². The maximum atomic E-state index is 12.8. The van der Waals surface area contributed by atoms with Crippen LogP contribution in [0.25, 0.3) is 5.65 Å². The molecule has 0 saturated carbocycles. The quantitative estimate of drug-likeness (QED) is 0.690. The lowest BCUT2D eigenvalue weighted by atomic mass is 9.87. The Bertz CT molecular complexity index is 975. The van der Waals surface area contributed by atoms with Gasteiger partial charge in [0.05, 0.1) is 5.56 Å². The molecule has 2 aliphatic rings. The van der Waals surface area contributed by atoms with Gasteiger partial charge in [-0.1, -0.05) is 24.3 Å². The van der Waals surface area contributed by atoms with Crippen LogP contribution in [0.2, 0.25) is 0 Å². The van der Waals surface area contributed by atoms with E-state index in [0.717, 1.165) is 39.0 Å². The topological polar surface area (TPSA) is 66.6 Å². The zero-order valence-corrected chi connectivity index (χ0v) is 15.2. The molecular weight excluding hydrogens is 340 g/mol. The van der Waals surface area contributed by atoms with Crippen molar-refractivity contribution in [2.24, 2.45) is 0 Å². The van der Waals surface area contributed by atoms with Crippen LogP contribution in [0, 0.1) is 0 Å². The summed E-state index contributed by atoms with van der Waals surface area (Å²) in [7, 11) is 0. The normalized spacial score (nSPS) is 20.6. The van der Waals surface area contributed by atoms with Crippen LogP contribution >= 0.6 is 0 Å². The van der Waals surface area contributed by atoms with Gasteiger partial charge in [-0.15, -0.1) is 5.10 Å². The van der Waals surface area contributed by atoms with Gasteiger partial charge in [-0.05, 0) is 52.9 Å². The molecule has 1 aromatic carbocycles. The van der Waals surface area contributed by atoms with Gasteiger partial charge in [-0.3, -0.25) is 9.69 Å². The van der Waals surface area contributed by atoms with E-state index in [0.29, 0.717) is 17.3 Å². The van der Waals surface area contributed by atoms with Crippen LogP contribution in [-0.2, 0) is 12.8 Å². The second kappa shape index (κ2) is 6.74. The number of rotatable bonds is 2. The van der Waals surface area contributed by atoms with E-state index in [4.69, 9.17) is 0 Å². The average molecular weight is 362 g/mol. The Kier molecular flexibility index (Phi) is 4.09. The number of tetrazole rings is 1. The molecule has 1 saturated heterocycles. The van der Waals surface area contributed by atoms with Crippen LogP contribution in [0.5, 0.6) is 0 Å². The van der Waals surface area contributed by atoms with E-state index in [2.05, 4.69) is 44.7 Å². The summed E-state index contributed by atoms with van der Waals surface area (Å²) in [6, 6.07) is 13.0. The van der Waals surface area contributed by atoms with Crippen LogP contribution < -0.4 is 0 Å². The van der Waals surface area contributed by atoms with Gasteiger partial charge in [-0.25, -0.2) is 0 Å². The Morgan fingerprint density at radius 3 is 2.67 bits per heavy atom. The third-order valence-corrected chi connectivity index (χ3v) is 5.88. The van der Waals surface area contributed by atoms with Gasteiger partial charge in [-0.2, -0.15) is 4.52 Å². The minimum atomic E-state index is 0.0565. The maximum Gasteiger partial charge on any atom is 0.255 e. The number of amides is 1. The number of carbonyl (C=O) groups is 1. The van der Waals surface area contributed by atoms with Crippen molar-refractivity contribution in [3.63, 3.8) is 0 Å². The number of aryl methyl sites for hydroxylation is 1. The molecule has 0 radical (unpaired) electrons. The van der Waals surface area contributed by atoms with E-state index < -0.39 is 0 Å². The van der Waals surface area contributed by atoms with E-state index in [1.807, 2.05) is 4.90 Å². The Balaban J connectivity index is 1.23. The number of aromatic nitrogens is 4. The summed E-state index contributed by atoms with van der Waals surface area (Å²) in [6.07, 6.45) is 5.20. The number of hydrogen-bond acceptors (Lipinski definition) is 5. The van der Waals surface area contributed by atoms with Crippen molar-refractivity contribution >= 4 is 11.6 Å². The molecule has 7 heteroatoms. The summed E-state index contributed by atoms with van der Waals surface area (Å²) >= 11 is 0. The molecule has 0 bridgehead atoms. The molecule has 0 N–H and O–H groups in total. The van der Waals surface area contributed by atoms with E-state index in [1.165, 1.54) is 17.5 Å². The van der Waals surface area contributed by atoms with Crippen molar-refractivity contribution in [3.05, 3.63) is 59.3 Å². The molecule has 1 aliphatic heterocycles. The van der Waals surface area contributed by atoms with E-state index >= 15 is 0 Å². The molecule has 1 fully saturated rings. The Hall–Kier alpha value is -2.80. The highest BCUT2D eigenvalue weighted by Crippen LogP contribution is 2.25. The first-order valence-corrected chi connectivity index (χ1v) is 9.56. The van der Waals surface area contributed by atoms with Gasteiger partial charge in [0.2, 0.25) is 0 Å². The van der Waals surface area contributed by atoms with Gasteiger partial charge < -0.3 is 4.90 Å². The summed E-state index contributed by atoms with van der Waals surface area (Å²) in [6.45, 7) is 3.41. The molecule has 1 aliphatic carbocycles. The van der Waals surface area contributed by atoms with Crippen molar-refractivity contribution in [3.8, 4) is 0 Å². The fourth-order valence-corrected chi connectivity index (χ4v) is 4.33. The monoisotopic (exact) mass is 362 g/mol. The minimum Gasteiger partial charge on any atom is -0.336 e. The van der Waals surface area contributed by atoms with E-state index in [9.17, 15) is 4.79 Å². The zero-order valence-electron chi connectivity index (χ0n) is 15.2. The number of nitrogens with zero attached hydrogens (tertiary/aromatic N) is 6. The second-order valence-electron chi connectivity index (χ2n) is 7.39. The molecule has 7 nitrogen and oxygen atoms in total. The van der Waals surface area contributed by atoms with E-state index in [1.54, 1.807) is 22.8 Å². The number of carbonyl (C=O) groups excluding carboxylic acids is 1. The predicted molar refractivity (Wildman–Crippen MR) is 101 cm³/mol. The summed E-state index contributed by atoms with van der Waals surface area (Å²) < 4.78 is 1.54. The number of benzene rings is 1. The maximum absolute atomic E-state index is 12.8. The second-order valence-corrected chi connectivity index (χ2v) is 7.39. The van der Waals surface area contributed by atoms with Crippen molar-refractivity contribution < 1.29 is 4.79 Å². The molecule has 138 valence electrons. The SMILES string of the molecule is O=C(c1ccc2nnnn2c1)N1CCN(C2CCc3ccccc3C2)CC1. The fraction of sp³-hybridized carbons (Fsp3) is 0.400. The lowest BCUT2D eigenvalue weighted by Gasteiger charge is -2.41. The fourth-order valence-electron chi connectivity index (χ4n) is 4.33. The highest BCUT2D eigenvalue weighted by Gasteiger charge is 2.29. The largest absolute Gasteiger partial charge is 0.336 e. The molecular formula is C20H22N6O. The molecule has 0 spiro atoms. The molecule has 1 atom stereocenters. The number of piperazine rings is 1. The van der Waals surface area contributed by atoms with E-state index in [-0.39, 0.29) is 5.91 Å². The van der Waals surface area contributed by atoms with Gasteiger partial charge in [0, 0.05) is 38.4 Å². The highest BCUT2D eigenvalue weighted by molar-refractivity contribution is 5.94. The smallest absolute Gasteiger partial charge is 0.255 e. The standard InChI is InChI=1S/C20H22N6O/c27-20(17-6-8-19-21-22-23-26(19)14-17)25-11-9-24(10-12-25)18-7-5-15-3-1-2-4-16(15)13-18/h1-4,6,8,14,18H,5,7,9-13H2. The van der Waals surface area contributed by atoms with Gasteiger partial charge in [0.25, 0.3) is 5.91 Å². The number of fused-ring (bicyclic) bond motifs is 2. The summed E-state index contributed by atoms with van der Waals surface area (Å²) in [4.78, 5) is 17.3. The van der Waals surface area contributed by atoms with Crippen LogP contribution in [0.3, 0.4) is 0 Å². The van der Waals surface area contributed by atoms with Crippen molar-refractivity contribution in [2.75, 3.05) is 26.2 Å². The summed E-state index contributed by atoms with van der Waals surface area (Å²) in [5.41, 5.74) is 4.27. The van der Waals surface area contributed by atoms with Crippen LogP contribution in [0.1, 0.15) is 27.9 Å². The van der Waals surface area contributed by atoms with Crippen molar-refractivity contribution in [2.45, 2.75) is 25.3 Å². The molecule has 3 aromatic rings. The number of hydrogen-bond donors (Lipinski definition) is 0. The third kappa shape index (κ3) is 3.08. The van der Waals surface area contributed by atoms with Gasteiger partial charge in [0.15, 0.2) is 5.65 Å². The molecule has 27 heavy (non-hydrogen) atoms. The number of pyridine rings is 1. The predicted octanol–water partition coefficient (Wildman–Crippen LogP) is 1.44. The highest BCUT2D eigenvalue weighted by atomic mass is 16.2. The van der Waals surface area contributed by atoms with Crippen molar-refractivity contribution in [1.29, 1.82) is 0 Å². The molecule has 1 unspecified atom stereocenters. The van der Waals surface area contributed by atoms with Crippen LogP contribution in [0.15, 0.2) is 42.6 Å². The Labute approximate surface area is 157 Å². The lowest BCUT2D eigenvalue weighted by Crippen LogP contribution is -2.53. The average Bonchev–Trinajstić information content (AvgIpc) is 3.21. The van der Waals surface area contributed by atoms with Crippen LogP contribution in [0.4, 0.5) is 0 Å². The first-order valence-electron chi connectivity index (χ1n) is 9.56. The molecule has 5 rings (SSSR count). The zero-order chi connectivity index (χ0) is 18.2. The van der Waals surface area contributed by atoms with Gasteiger partial charge >= 0.3 is 0 Å². The minimum absolute atomic E-state index is 0.0565. The first kappa shape index (κ1) is 16.4. The summed E-state index contributed by atoms with van der Waals surface area (Å²) in [5.74, 6) is 0.0565. The molecule has 3 heterocycles. The summed E-state index contributed by atoms with van der Waals surface area (Å²) in [5, 5.41) is 11.4. The van der Waals surface area contributed by atoms with Gasteiger partial charge in [0.1, 0.15) is 0 Å². The Morgan fingerprint density at radius 1 is 1.00 bits per heavy atom.